The number of rotatable bonds is 4. The van der Waals surface area contributed by atoms with Crippen LogP contribution in [0.1, 0.15) is 39.0 Å². The molecular weight excluding hydrogens is 274 g/mol. The molecule has 2 rings (SSSR count). The molecule has 0 spiro atoms. The number of benzene rings is 1. The molecular formula is C15H21NO3S. The maximum Gasteiger partial charge on any atom is 0.243 e. The summed E-state index contributed by atoms with van der Waals surface area (Å²) in [6.45, 7) is 2.04. The number of nitrogens with zero attached hydrogens (tertiary/aromatic N) is 1. The Labute approximate surface area is 120 Å². The average Bonchev–Trinajstić information content (AvgIpc) is 2.65. The van der Waals surface area contributed by atoms with Gasteiger partial charge < -0.3 is 0 Å². The van der Waals surface area contributed by atoms with Gasteiger partial charge >= 0.3 is 0 Å². The first-order chi connectivity index (χ1) is 9.51. The molecule has 0 saturated carbocycles. The molecule has 1 fully saturated rings. The molecule has 0 amide bonds. The molecule has 0 radical (unpaired) electrons. The zero-order valence-corrected chi connectivity index (χ0v) is 12.6. The minimum Gasteiger partial charge on any atom is -0.300 e. The van der Waals surface area contributed by atoms with Gasteiger partial charge in [0.15, 0.2) is 0 Å². The Morgan fingerprint density at radius 3 is 2.55 bits per heavy atom. The van der Waals surface area contributed by atoms with Crippen molar-refractivity contribution in [3.63, 3.8) is 0 Å². The number of ketones is 1. The normalized spacial score (nSPS) is 21.4. The molecule has 1 heterocycles. The van der Waals surface area contributed by atoms with Crippen LogP contribution in [-0.2, 0) is 14.8 Å². The van der Waals surface area contributed by atoms with Crippen LogP contribution in [0, 0.1) is 0 Å². The van der Waals surface area contributed by atoms with Gasteiger partial charge in [-0.05, 0) is 31.9 Å². The molecule has 110 valence electrons. The van der Waals surface area contributed by atoms with E-state index in [2.05, 4.69) is 0 Å². The SMILES string of the molecule is CC(=O)CC1CCCCCN1S(=O)(=O)c1ccccc1. The van der Waals surface area contributed by atoms with Crippen LogP contribution in [0.25, 0.3) is 0 Å². The Balaban J connectivity index is 2.32. The minimum absolute atomic E-state index is 0.0464. The highest BCUT2D eigenvalue weighted by molar-refractivity contribution is 7.89. The Kier molecular flexibility index (Phi) is 4.94. The van der Waals surface area contributed by atoms with Crippen molar-refractivity contribution in [3.8, 4) is 0 Å². The van der Waals surface area contributed by atoms with Gasteiger partial charge in [-0.2, -0.15) is 4.31 Å². The van der Waals surface area contributed by atoms with Crippen molar-refractivity contribution < 1.29 is 13.2 Å². The molecule has 4 nitrogen and oxygen atoms in total. The summed E-state index contributed by atoms with van der Waals surface area (Å²) in [6.07, 6.45) is 3.95. The van der Waals surface area contributed by atoms with Gasteiger partial charge in [0.1, 0.15) is 5.78 Å². The monoisotopic (exact) mass is 295 g/mol. The summed E-state index contributed by atoms with van der Waals surface area (Å²) in [5, 5.41) is 0. The van der Waals surface area contributed by atoms with Crippen LogP contribution in [0.5, 0.6) is 0 Å². The van der Waals surface area contributed by atoms with Crippen LogP contribution in [0.2, 0.25) is 0 Å². The first-order valence-electron chi connectivity index (χ1n) is 7.08. The van der Waals surface area contributed by atoms with Crippen LogP contribution in [0.3, 0.4) is 0 Å². The lowest BCUT2D eigenvalue weighted by Crippen LogP contribution is -2.40. The third kappa shape index (κ3) is 3.46. The molecule has 1 atom stereocenters. The zero-order chi connectivity index (χ0) is 14.6. The van der Waals surface area contributed by atoms with Crippen LogP contribution >= 0.6 is 0 Å². The van der Waals surface area contributed by atoms with Gasteiger partial charge in [0, 0.05) is 19.0 Å². The van der Waals surface area contributed by atoms with Crippen LogP contribution < -0.4 is 0 Å². The van der Waals surface area contributed by atoms with Gasteiger partial charge in [0.05, 0.1) is 4.90 Å². The van der Waals surface area contributed by atoms with Crippen molar-refractivity contribution in [1.82, 2.24) is 4.31 Å². The summed E-state index contributed by atoms with van der Waals surface area (Å²) >= 11 is 0. The minimum atomic E-state index is -3.50. The van der Waals surface area contributed by atoms with E-state index in [0.717, 1.165) is 25.7 Å². The van der Waals surface area contributed by atoms with E-state index in [1.807, 2.05) is 0 Å². The lowest BCUT2D eigenvalue weighted by atomic mass is 10.1. The molecule has 5 heteroatoms. The Hall–Kier alpha value is -1.20. The van der Waals surface area contributed by atoms with Crippen molar-refractivity contribution in [3.05, 3.63) is 30.3 Å². The van der Waals surface area contributed by atoms with Crippen molar-refractivity contribution in [2.45, 2.75) is 50.0 Å². The second kappa shape index (κ2) is 6.50. The quantitative estimate of drug-likeness (QED) is 0.858. The lowest BCUT2D eigenvalue weighted by molar-refractivity contribution is -0.117. The molecule has 1 aromatic carbocycles. The summed E-state index contributed by atoms with van der Waals surface area (Å²) < 4.78 is 27.0. The summed E-state index contributed by atoms with van der Waals surface area (Å²) in [5.41, 5.74) is 0. The molecule has 0 aromatic heterocycles. The van der Waals surface area contributed by atoms with Crippen LogP contribution in [-0.4, -0.2) is 31.1 Å². The molecule has 1 aromatic rings. The first kappa shape index (κ1) is 15.2. The van der Waals surface area contributed by atoms with Gasteiger partial charge in [-0.15, -0.1) is 0 Å². The van der Waals surface area contributed by atoms with E-state index in [-0.39, 0.29) is 11.8 Å². The second-order valence-corrected chi connectivity index (χ2v) is 7.23. The van der Waals surface area contributed by atoms with Gasteiger partial charge in [-0.25, -0.2) is 8.42 Å². The summed E-state index contributed by atoms with van der Waals surface area (Å²) in [4.78, 5) is 11.7. The smallest absolute Gasteiger partial charge is 0.243 e. The standard InChI is InChI=1S/C15H21NO3S/c1-13(17)12-14-8-4-3-7-11-16(14)20(18,19)15-9-5-2-6-10-15/h2,5-6,9-10,14H,3-4,7-8,11-12H2,1H3. The Morgan fingerprint density at radius 1 is 1.20 bits per heavy atom. The second-order valence-electron chi connectivity index (χ2n) is 5.34. The van der Waals surface area contributed by atoms with E-state index in [1.165, 1.54) is 11.2 Å². The number of Topliss-reactive ketones (excluding diaryl/α,β-unsaturated/α-hetero) is 1. The van der Waals surface area contributed by atoms with E-state index in [0.29, 0.717) is 17.9 Å². The van der Waals surface area contributed by atoms with E-state index < -0.39 is 10.0 Å². The third-order valence-electron chi connectivity index (χ3n) is 3.70. The molecule has 20 heavy (non-hydrogen) atoms. The topological polar surface area (TPSA) is 54.5 Å². The van der Waals surface area contributed by atoms with Crippen LogP contribution in [0.4, 0.5) is 0 Å². The molecule has 0 N–H and O–H groups in total. The highest BCUT2D eigenvalue weighted by atomic mass is 32.2. The summed E-state index contributed by atoms with van der Waals surface area (Å²) in [6, 6.07) is 8.29. The van der Waals surface area contributed by atoms with Crippen molar-refractivity contribution in [2.75, 3.05) is 6.54 Å². The Morgan fingerprint density at radius 2 is 1.90 bits per heavy atom. The first-order valence-corrected chi connectivity index (χ1v) is 8.52. The fourth-order valence-electron chi connectivity index (χ4n) is 2.73. The molecule has 1 saturated heterocycles. The Bertz CT molecular complexity index is 554. The van der Waals surface area contributed by atoms with Gasteiger partial charge in [0.2, 0.25) is 10.0 Å². The average molecular weight is 295 g/mol. The van der Waals surface area contributed by atoms with Gasteiger partial charge in [-0.1, -0.05) is 31.0 Å². The predicted octanol–water partition coefficient (Wildman–Crippen LogP) is 2.60. The van der Waals surface area contributed by atoms with Gasteiger partial charge in [-0.3, -0.25) is 4.79 Å². The molecule has 1 aliphatic heterocycles. The fourth-order valence-corrected chi connectivity index (χ4v) is 4.44. The number of hydrogen-bond donors (Lipinski definition) is 0. The molecule has 0 bridgehead atoms. The van der Waals surface area contributed by atoms with Crippen LogP contribution in [0.15, 0.2) is 35.2 Å². The third-order valence-corrected chi connectivity index (χ3v) is 5.66. The maximum atomic E-state index is 12.7. The van der Waals surface area contributed by atoms with E-state index in [4.69, 9.17) is 0 Å². The molecule has 1 unspecified atom stereocenters. The van der Waals surface area contributed by atoms with E-state index >= 15 is 0 Å². The maximum absolute atomic E-state index is 12.7. The zero-order valence-electron chi connectivity index (χ0n) is 11.8. The summed E-state index contributed by atoms with van der Waals surface area (Å²) in [5.74, 6) is 0.0464. The van der Waals surface area contributed by atoms with E-state index in [9.17, 15) is 13.2 Å². The summed E-state index contributed by atoms with van der Waals surface area (Å²) in [7, 11) is -3.50. The van der Waals surface area contributed by atoms with Crippen molar-refractivity contribution in [2.24, 2.45) is 0 Å². The number of hydrogen-bond acceptors (Lipinski definition) is 3. The van der Waals surface area contributed by atoms with E-state index in [1.54, 1.807) is 30.3 Å². The van der Waals surface area contributed by atoms with Gasteiger partial charge in [0.25, 0.3) is 0 Å². The highest BCUT2D eigenvalue weighted by Crippen LogP contribution is 2.26. The largest absolute Gasteiger partial charge is 0.300 e. The number of carbonyl (C=O) groups excluding carboxylic acids is 1. The number of sulfonamides is 1. The fraction of sp³-hybridized carbons (Fsp3) is 0.533. The molecule has 1 aliphatic rings. The predicted molar refractivity (Wildman–Crippen MR) is 77.9 cm³/mol. The van der Waals surface area contributed by atoms with Crippen molar-refractivity contribution in [1.29, 1.82) is 0 Å². The lowest BCUT2D eigenvalue weighted by Gasteiger charge is -2.28. The molecule has 0 aliphatic carbocycles. The number of carbonyl (C=O) groups is 1. The van der Waals surface area contributed by atoms with Crippen molar-refractivity contribution >= 4 is 15.8 Å². The highest BCUT2D eigenvalue weighted by Gasteiger charge is 2.32.